The maximum absolute atomic E-state index is 12.8. The molecule has 6 nitrogen and oxygen atoms in total. The quantitative estimate of drug-likeness (QED) is 0.206. The van der Waals surface area contributed by atoms with Gasteiger partial charge < -0.3 is 4.18 Å². The summed E-state index contributed by atoms with van der Waals surface area (Å²) in [6.45, 7) is 8.56. The van der Waals surface area contributed by atoms with Crippen LogP contribution < -0.4 is 4.18 Å². The van der Waals surface area contributed by atoms with Crippen LogP contribution in [0.15, 0.2) is 42.5 Å². The number of halogens is 6. The Morgan fingerprint density at radius 1 is 0.730 bits per heavy atom. The third-order valence-electron chi connectivity index (χ3n) is 6.68. The van der Waals surface area contributed by atoms with Crippen molar-refractivity contribution in [1.29, 1.82) is 0 Å². The number of rotatable bonds is 2. The molecule has 4 rings (SSSR count). The van der Waals surface area contributed by atoms with Crippen LogP contribution in [-0.4, -0.2) is 32.4 Å². The highest BCUT2D eigenvalue weighted by molar-refractivity contribution is 7.88. The van der Waals surface area contributed by atoms with Crippen molar-refractivity contribution in [3.05, 3.63) is 64.7 Å². The zero-order valence-electron chi connectivity index (χ0n) is 20.0. The molecular formula is C23H24F6O6S2. The van der Waals surface area contributed by atoms with E-state index >= 15 is 0 Å². The van der Waals surface area contributed by atoms with Crippen molar-refractivity contribution in [2.24, 2.45) is 0 Å². The molecule has 1 spiro atoms. The van der Waals surface area contributed by atoms with Crippen LogP contribution in [0.1, 0.15) is 62.8 Å². The largest absolute Gasteiger partial charge is 0.534 e. The van der Waals surface area contributed by atoms with E-state index in [1.807, 2.05) is 12.1 Å². The molecule has 37 heavy (non-hydrogen) atoms. The highest BCUT2D eigenvalue weighted by atomic mass is 32.2. The van der Waals surface area contributed by atoms with E-state index < -0.39 is 31.3 Å². The first kappa shape index (κ1) is 29.2. The first-order chi connectivity index (χ1) is 16.4. The summed E-state index contributed by atoms with van der Waals surface area (Å²) < 4.78 is 123. The Kier molecular flexibility index (Phi) is 6.79. The molecule has 2 aromatic carbocycles. The topological polar surface area (TPSA) is 97.7 Å². The molecule has 2 aromatic rings. The molecule has 0 saturated heterocycles. The van der Waals surface area contributed by atoms with Gasteiger partial charge in [0.2, 0.25) is 0 Å². The van der Waals surface area contributed by atoms with Gasteiger partial charge in [-0.25, -0.2) is 0 Å². The van der Waals surface area contributed by atoms with Crippen molar-refractivity contribution in [1.82, 2.24) is 0 Å². The number of hydrogen-bond acceptors (Lipinski definition) is 5. The van der Waals surface area contributed by atoms with Crippen LogP contribution in [0.2, 0.25) is 0 Å². The van der Waals surface area contributed by atoms with E-state index in [-0.39, 0.29) is 22.0 Å². The lowest BCUT2D eigenvalue weighted by Crippen LogP contribution is -2.28. The normalized spacial score (nSPS) is 22.1. The Bertz CT molecular complexity index is 1420. The first-order valence-corrected chi connectivity index (χ1v) is 13.6. The molecule has 1 unspecified atom stereocenters. The smallest absolute Gasteiger partial charge is 0.376 e. The van der Waals surface area contributed by atoms with E-state index in [4.69, 9.17) is 13.0 Å². The predicted molar refractivity (Wildman–Crippen MR) is 122 cm³/mol. The summed E-state index contributed by atoms with van der Waals surface area (Å²) in [5.41, 5.74) is -7.45. The standard InChI is InChI=1S/C22H23F3O3S.CHF3O3S/c1-19(2)12-21(17-8-6-5-7-15(17)19)13-20(3,4)16-10-9-14(11-18(16)21)28-29(26,27)22(23,24)25;2-1(3,4)8(5,6)7/h5-11H,12-13H2,1-4H3;(H,5,6,7). The van der Waals surface area contributed by atoms with Gasteiger partial charge in [0.25, 0.3) is 0 Å². The molecule has 206 valence electrons. The lowest BCUT2D eigenvalue weighted by molar-refractivity contribution is -0.0512. The van der Waals surface area contributed by atoms with Crippen molar-refractivity contribution in [3.8, 4) is 5.75 Å². The Morgan fingerprint density at radius 2 is 1.16 bits per heavy atom. The Balaban J connectivity index is 0.000000414. The van der Waals surface area contributed by atoms with Crippen molar-refractivity contribution in [2.45, 2.75) is 67.8 Å². The van der Waals surface area contributed by atoms with E-state index in [2.05, 4.69) is 44.0 Å². The van der Waals surface area contributed by atoms with Gasteiger partial charge in [0.15, 0.2) is 0 Å². The van der Waals surface area contributed by atoms with Crippen LogP contribution in [-0.2, 0) is 36.5 Å². The molecule has 0 heterocycles. The SMILES string of the molecule is CC1(C)CC2(CC(C)(C)c3ccc(OS(=O)(=O)C(F)(F)F)cc32)c2ccccc21.O=S(=O)(O)C(F)(F)F. The molecular weight excluding hydrogens is 550 g/mol. The van der Waals surface area contributed by atoms with Gasteiger partial charge in [-0.1, -0.05) is 58.0 Å². The summed E-state index contributed by atoms with van der Waals surface area (Å²) in [5.74, 6) is -0.305. The number of hydrogen-bond donors (Lipinski definition) is 1. The highest BCUT2D eigenvalue weighted by Crippen LogP contribution is 2.63. The molecule has 0 amide bonds. The van der Waals surface area contributed by atoms with Crippen molar-refractivity contribution in [3.63, 3.8) is 0 Å². The number of alkyl halides is 6. The Labute approximate surface area is 210 Å². The van der Waals surface area contributed by atoms with Gasteiger partial charge in [0.05, 0.1) is 0 Å². The second-order valence-corrected chi connectivity index (χ2v) is 13.3. The molecule has 14 heteroatoms. The van der Waals surface area contributed by atoms with Crippen LogP contribution in [0.3, 0.4) is 0 Å². The van der Waals surface area contributed by atoms with Crippen molar-refractivity contribution < 1.29 is 51.9 Å². The van der Waals surface area contributed by atoms with Gasteiger partial charge in [-0.2, -0.15) is 43.2 Å². The average Bonchev–Trinajstić information content (AvgIpc) is 3.06. The number of benzene rings is 2. The predicted octanol–water partition coefficient (Wildman–Crippen LogP) is 5.96. The lowest BCUT2D eigenvalue weighted by Gasteiger charge is -2.30. The van der Waals surface area contributed by atoms with Crippen LogP contribution in [0.25, 0.3) is 0 Å². The fourth-order valence-electron chi connectivity index (χ4n) is 5.51. The summed E-state index contributed by atoms with van der Waals surface area (Å²) in [6.07, 6.45) is 1.59. The molecule has 0 radical (unpaired) electrons. The summed E-state index contributed by atoms with van der Waals surface area (Å²) in [5, 5.41) is 0. The molecule has 0 saturated carbocycles. The number of fused-ring (bicyclic) bond motifs is 4. The molecule has 0 bridgehead atoms. The van der Waals surface area contributed by atoms with Crippen LogP contribution in [0, 0.1) is 0 Å². The zero-order chi connectivity index (χ0) is 28.5. The molecule has 1 atom stereocenters. The fraction of sp³-hybridized carbons (Fsp3) is 0.478. The van der Waals surface area contributed by atoms with E-state index in [0.717, 1.165) is 29.5 Å². The summed E-state index contributed by atoms with van der Waals surface area (Å²) in [6, 6.07) is 12.7. The lowest BCUT2D eigenvalue weighted by atomic mass is 9.72. The summed E-state index contributed by atoms with van der Waals surface area (Å²) in [7, 11) is -11.6. The van der Waals surface area contributed by atoms with E-state index in [1.54, 1.807) is 6.07 Å². The monoisotopic (exact) mass is 574 g/mol. The minimum Gasteiger partial charge on any atom is -0.376 e. The molecule has 0 fully saturated rings. The van der Waals surface area contributed by atoms with Gasteiger partial charge in [0.1, 0.15) is 5.75 Å². The van der Waals surface area contributed by atoms with Gasteiger partial charge in [0, 0.05) is 5.41 Å². The van der Waals surface area contributed by atoms with Gasteiger partial charge in [-0.15, -0.1) is 0 Å². The van der Waals surface area contributed by atoms with Gasteiger partial charge in [-0.05, 0) is 58.1 Å². The Hall–Kier alpha value is -2.32. The minimum absolute atomic E-state index is 0.108. The first-order valence-electron chi connectivity index (χ1n) is 10.7. The third kappa shape index (κ3) is 5.19. The molecule has 1 N–H and O–H groups in total. The maximum Gasteiger partial charge on any atom is 0.534 e. The third-order valence-corrected chi connectivity index (χ3v) is 8.24. The summed E-state index contributed by atoms with van der Waals surface area (Å²) in [4.78, 5) is 0. The van der Waals surface area contributed by atoms with Crippen molar-refractivity contribution in [2.75, 3.05) is 0 Å². The average molecular weight is 575 g/mol. The second kappa shape index (κ2) is 8.60. The van der Waals surface area contributed by atoms with Crippen LogP contribution in [0.4, 0.5) is 26.3 Å². The minimum atomic E-state index is -5.84. The van der Waals surface area contributed by atoms with E-state index in [1.165, 1.54) is 17.7 Å². The van der Waals surface area contributed by atoms with E-state index in [0.29, 0.717) is 0 Å². The van der Waals surface area contributed by atoms with Crippen molar-refractivity contribution >= 4 is 20.2 Å². The molecule has 0 aromatic heterocycles. The van der Waals surface area contributed by atoms with Crippen LogP contribution in [0.5, 0.6) is 5.75 Å². The molecule has 2 aliphatic carbocycles. The second-order valence-electron chi connectivity index (χ2n) is 10.4. The van der Waals surface area contributed by atoms with Gasteiger partial charge in [-0.3, -0.25) is 4.55 Å². The van der Waals surface area contributed by atoms with Gasteiger partial charge >= 0.3 is 31.3 Å². The summed E-state index contributed by atoms with van der Waals surface area (Å²) >= 11 is 0. The van der Waals surface area contributed by atoms with E-state index in [9.17, 15) is 34.8 Å². The molecule has 0 aliphatic heterocycles. The zero-order valence-corrected chi connectivity index (χ0v) is 21.7. The molecule has 2 aliphatic rings. The Morgan fingerprint density at radius 3 is 1.59 bits per heavy atom. The highest BCUT2D eigenvalue weighted by Gasteiger charge is 2.56. The van der Waals surface area contributed by atoms with Crippen LogP contribution >= 0.6 is 0 Å². The maximum atomic E-state index is 12.8. The fourth-order valence-corrected chi connectivity index (χ4v) is 5.97.